The highest BCUT2D eigenvalue weighted by atomic mass is 35.5. The van der Waals surface area contributed by atoms with E-state index in [0.29, 0.717) is 5.92 Å². The number of nitrogens with one attached hydrogen (secondary N) is 1. The number of nitro groups is 1. The molecule has 8 heteroatoms. The SMILES string of the molecule is CCCC1CC1NS(=O)(=O)c1ccc(Cl)c([N+](=O)[O-])c1. The van der Waals surface area contributed by atoms with Crippen LogP contribution < -0.4 is 4.72 Å². The molecule has 1 fully saturated rings. The molecular weight excluding hydrogens is 304 g/mol. The van der Waals surface area contributed by atoms with Crippen LogP contribution in [0.1, 0.15) is 26.2 Å². The zero-order valence-electron chi connectivity index (χ0n) is 10.9. The number of halogens is 1. The molecule has 1 aromatic carbocycles. The maximum atomic E-state index is 12.1. The number of benzene rings is 1. The van der Waals surface area contributed by atoms with Gasteiger partial charge in [0.1, 0.15) is 5.02 Å². The molecule has 1 saturated carbocycles. The van der Waals surface area contributed by atoms with Crippen LogP contribution in [0.2, 0.25) is 5.02 Å². The van der Waals surface area contributed by atoms with Gasteiger partial charge in [-0.05, 0) is 30.9 Å². The highest BCUT2D eigenvalue weighted by Crippen LogP contribution is 2.36. The van der Waals surface area contributed by atoms with Gasteiger partial charge >= 0.3 is 0 Å². The first-order chi connectivity index (χ1) is 9.35. The lowest BCUT2D eigenvalue weighted by Crippen LogP contribution is -2.27. The Morgan fingerprint density at radius 1 is 1.50 bits per heavy atom. The molecule has 1 aromatic rings. The van der Waals surface area contributed by atoms with Crippen molar-refractivity contribution in [3.05, 3.63) is 33.3 Å². The van der Waals surface area contributed by atoms with Crippen LogP contribution in [0.5, 0.6) is 0 Å². The van der Waals surface area contributed by atoms with Crippen LogP contribution >= 0.6 is 11.6 Å². The van der Waals surface area contributed by atoms with Gasteiger partial charge in [-0.3, -0.25) is 10.1 Å². The molecule has 0 amide bonds. The number of sulfonamides is 1. The van der Waals surface area contributed by atoms with E-state index < -0.39 is 20.6 Å². The lowest BCUT2D eigenvalue weighted by molar-refractivity contribution is -0.384. The Morgan fingerprint density at radius 2 is 2.20 bits per heavy atom. The van der Waals surface area contributed by atoms with Crippen molar-refractivity contribution < 1.29 is 13.3 Å². The van der Waals surface area contributed by atoms with E-state index in [1.165, 1.54) is 12.1 Å². The summed E-state index contributed by atoms with van der Waals surface area (Å²) in [4.78, 5) is 9.95. The second-order valence-electron chi connectivity index (χ2n) is 4.88. The van der Waals surface area contributed by atoms with Gasteiger partial charge < -0.3 is 0 Å². The molecular formula is C12H15ClN2O4S. The molecule has 0 heterocycles. The Morgan fingerprint density at radius 3 is 2.80 bits per heavy atom. The highest BCUT2D eigenvalue weighted by molar-refractivity contribution is 7.89. The number of nitro benzene ring substituents is 1. The molecule has 20 heavy (non-hydrogen) atoms. The Balaban J connectivity index is 2.18. The predicted octanol–water partition coefficient (Wildman–Crippen LogP) is 2.72. The van der Waals surface area contributed by atoms with E-state index in [2.05, 4.69) is 4.72 Å². The van der Waals surface area contributed by atoms with Gasteiger partial charge in [-0.25, -0.2) is 13.1 Å². The second kappa shape index (κ2) is 5.67. The summed E-state index contributed by atoms with van der Waals surface area (Å²) in [6.45, 7) is 2.05. The summed E-state index contributed by atoms with van der Waals surface area (Å²) >= 11 is 5.67. The van der Waals surface area contributed by atoms with Crippen molar-refractivity contribution in [3.63, 3.8) is 0 Å². The topological polar surface area (TPSA) is 89.3 Å². The van der Waals surface area contributed by atoms with Crippen molar-refractivity contribution in [2.75, 3.05) is 0 Å². The van der Waals surface area contributed by atoms with E-state index in [0.717, 1.165) is 25.3 Å². The van der Waals surface area contributed by atoms with Crippen LogP contribution in [0.25, 0.3) is 0 Å². The molecule has 2 unspecified atom stereocenters. The highest BCUT2D eigenvalue weighted by Gasteiger charge is 2.39. The minimum Gasteiger partial charge on any atom is -0.258 e. The Hall–Kier alpha value is -1.18. The van der Waals surface area contributed by atoms with Crippen LogP contribution in [-0.4, -0.2) is 19.4 Å². The molecule has 0 bridgehead atoms. The van der Waals surface area contributed by atoms with E-state index in [4.69, 9.17) is 11.6 Å². The van der Waals surface area contributed by atoms with E-state index in [1.807, 2.05) is 6.92 Å². The zero-order valence-corrected chi connectivity index (χ0v) is 12.4. The molecule has 0 aromatic heterocycles. The lowest BCUT2D eigenvalue weighted by atomic mass is 10.2. The monoisotopic (exact) mass is 318 g/mol. The summed E-state index contributed by atoms with van der Waals surface area (Å²) < 4.78 is 26.9. The first-order valence-electron chi connectivity index (χ1n) is 6.31. The normalized spacial score (nSPS) is 21.7. The smallest absolute Gasteiger partial charge is 0.258 e. The molecule has 6 nitrogen and oxygen atoms in total. The van der Waals surface area contributed by atoms with Gasteiger partial charge in [0.05, 0.1) is 9.82 Å². The van der Waals surface area contributed by atoms with Crippen molar-refractivity contribution in [1.82, 2.24) is 4.72 Å². The van der Waals surface area contributed by atoms with Crippen LogP contribution in [-0.2, 0) is 10.0 Å². The minimum absolute atomic E-state index is 0.0605. The van der Waals surface area contributed by atoms with E-state index >= 15 is 0 Å². The number of hydrogen-bond acceptors (Lipinski definition) is 4. The van der Waals surface area contributed by atoms with E-state index in [9.17, 15) is 18.5 Å². The van der Waals surface area contributed by atoms with E-state index in [1.54, 1.807) is 0 Å². The molecule has 1 N–H and O–H groups in total. The summed E-state index contributed by atoms with van der Waals surface area (Å²) in [6, 6.07) is 3.43. The average Bonchev–Trinajstić information content (AvgIpc) is 3.06. The van der Waals surface area contributed by atoms with Crippen molar-refractivity contribution >= 4 is 27.3 Å². The zero-order chi connectivity index (χ0) is 14.9. The number of rotatable bonds is 6. The molecule has 0 spiro atoms. The standard InChI is InChI=1S/C12H15ClN2O4S/c1-2-3-8-6-11(8)14-20(18,19)9-4-5-10(13)12(7-9)15(16)17/h4-5,7-8,11,14H,2-3,6H2,1H3. The molecule has 0 saturated heterocycles. The summed E-state index contributed by atoms with van der Waals surface area (Å²) in [5.41, 5.74) is -0.407. The summed E-state index contributed by atoms with van der Waals surface area (Å²) in [7, 11) is -3.73. The van der Waals surface area contributed by atoms with Gasteiger partial charge in [-0.2, -0.15) is 0 Å². The Bertz CT molecular complexity index is 632. The number of nitrogens with zero attached hydrogens (tertiary/aromatic N) is 1. The Labute approximate surface area is 122 Å². The minimum atomic E-state index is -3.73. The van der Waals surface area contributed by atoms with Gasteiger partial charge in [0.25, 0.3) is 5.69 Å². The van der Waals surface area contributed by atoms with Gasteiger partial charge in [0, 0.05) is 12.1 Å². The molecule has 2 atom stereocenters. The third-order valence-corrected chi connectivity index (χ3v) is 5.12. The van der Waals surface area contributed by atoms with Gasteiger partial charge in [0.15, 0.2) is 0 Å². The molecule has 0 radical (unpaired) electrons. The summed E-state index contributed by atoms with van der Waals surface area (Å²) in [5.74, 6) is 0.372. The van der Waals surface area contributed by atoms with E-state index in [-0.39, 0.29) is 16.0 Å². The number of hydrogen-bond donors (Lipinski definition) is 1. The summed E-state index contributed by atoms with van der Waals surface area (Å²) in [5, 5.41) is 10.7. The van der Waals surface area contributed by atoms with Gasteiger partial charge in [-0.15, -0.1) is 0 Å². The van der Waals surface area contributed by atoms with Crippen LogP contribution in [0, 0.1) is 16.0 Å². The molecule has 110 valence electrons. The predicted molar refractivity (Wildman–Crippen MR) is 75.2 cm³/mol. The summed E-state index contributed by atoms with van der Waals surface area (Å²) in [6.07, 6.45) is 2.81. The fourth-order valence-corrected chi connectivity index (χ4v) is 3.67. The van der Waals surface area contributed by atoms with Gasteiger partial charge in [0.2, 0.25) is 10.0 Å². The fourth-order valence-electron chi connectivity index (χ4n) is 2.15. The van der Waals surface area contributed by atoms with Crippen molar-refractivity contribution in [3.8, 4) is 0 Å². The van der Waals surface area contributed by atoms with Gasteiger partial charge in [-0.1, -0.05) is 24.9 Å². The molecule has 1 aliphatic rings. The lowest BCUT2D eigenvalue weighted by Gasteiger charge is -2.06. The Kier molecular flexibility index (Phi) is 4.31. The third kappa shape index (κ3) is 3.28. The largest absolute Gasteiger partial charge is 0.289 e. The quantitative estimate of drug-likeness (QED) is 0.645. The van der Waals surface area contributed by atoms with Crippen molar-refractivity contribution in [1.29, 1.82) is 0 Å². The third-order valence-electron chi connectivity index (χ3n) is 3.31. The maximum Gasteiger partial charge on any atom is 0.289 e. The first kappa shape index (κ1) is 15.2. The van der Waals surface area contributed by atoms with Crippen LogP contribution in [0.4, 0.5) is 5.69 Å². The van der Waals surface area contributed by atoms with Crippen LogP contribution in [0.3, 0.4) is 0 Å². The average molecular weight is 319 g/mol. The molecule has 1 aliphatic carbocycles. The van der Waals surface area contributed by atoms with Crippen molar-refractivity contribution in [2.24, 2.45) is 5.92 Å². The maximum absolute atomic E-state index is 12.1. The van der Waals surface area contributed by atoms with Crippen molar-refractivity contribution in [2.45, 2.75) is 37.1 Å². The molecule has 0 aliphatic heterocycles. The molecule has 2 rings (SSSR count). The fraction of sp³-hybridized carbons (Fsp3) is 0.500. The second-order valence-corrected chi connectivity index (χ2v) is 7.00. The van der Waals surface area contributed by atoms with Crippen LogP contribution in [0.15, 0.2) is 23.1 Å². The first-order valence-corrected chi connectivity index (χ1v) is 8.17.